The average molecular weight is 318 g/mol. The van der Waals surface area contributed by atoms with Crippen LogP contribution in [0.5, 0.6) is 0 Å². The van der Waals surface area contributed by atoms with Gasteiger partial charge in [0.25, 0.3) is 0 Å². The molecule has 2 fully saturated rings. The molecular weight excluding hydrogens is 296 g/mol. The van der Waals surface area contributed by atoms with Crippen molar-refractivity contribution >= 4 is 17.7 Å². The SMILES string of the molecule is COC(=O)c1ccc(NC(=O)N2CC3CC(C)(O)CC3C2)cc1. The molecule has 0 aromatic heterocycles. The maximum Gasteiger partial charge on any atom is 0.337 e. The van der Waals surface area contributed by atoms with Gasteiger partial charge in [0.2, 0.25) is 0 Å². The van der Waals surface area contributed by atoms with Crippen LogP contribution in [-0.2, 0) is 4.74 Å². The summed E-state index contributed by atoms with van der Waals surface area (Å²) in [7, 11) is 1.33. The van der Waals surface area contributed by atoms with E-state index >= 15 is 0 Å². The van der Waals surface area contributed by atoms with Crippen LogP contribution >= 0.6 is 0 Å². The van der Waals surface area contributed by atoms with E-state index in [-0.39, 0.29) is 6.03 Å². The third-order valence-corrected chi connectivity index (χ3v) is 4.82. The number of likely N-dealkylation sites (tertiary alicyclic amines) is 1. The molecular formula is C17H22N2O4. The van der Waals surface area contributed by atoms with Crippen molar-refractivity contribution in [2.75, 3.05) is 25.5 Å². The number of hydrogen-bond donors (Lipinski definition) is 2. The number of esters is 1. The molecule has 1 aliphatic heterocycles. The van der Waals surface area contributed by atoms with Crippen molar-refractivity contribution in [1.82, 2.24) is 4.90 Å². The fraction of sp³-hybridized carbons (Fsp3) is 0.529. The lowest BCUT2D eigenvalue weighted by Gasteiger charge is -2.22. The van der Waals surface area contributed by atoms with Gasteiger partial charge in [-0.2, -0.15) is 0 Å². The zero-order valence-corrected chi connectivity index (χ0v) is 13.4. The molecule has 1 aromatic rings. The Bertz CT molecular complexity index is 596. The molecule has 1 saturated carbocycles. The molecule has 3 rings (SSSR count). The third kappa shape index (κ3) is 3.32. The first-order valence-corrected chi connectivity index (χ1v) is 7.85. The second-order valence-corrected chi connectivity index (χ2v) is 6.83. The minimum Gasteiger partial charge on any atom is -0.465 e. The molecule has 0 spiro atoms. The van der Waals surface area contributed by atoms with Gasteiger partial charge in [-0.3, -0.25) is 0 Å². The van der Waals surface area contributed by atoms with Gasteiger partial charge < -0.3 is 20.1 Å². The van der Waals surface area contributed by atoms with E-state index in [4.69, 9.17) is 0 Å². The highest BCUT2D eigenvalue weighted by Crippen LogP contribution is 2.43. The van der Waals surface area contributed by atoms with Crippen LogP contribution in [0.4, 0.5) is 10.5 Å². The molecule has 2 unspecified atom stereocenters. The Morgan fingerprint density at radius 2 is 1.78 bits per heavy atom. The molecule has 1 heterocycles. The van der Waals surface area contributed by atoms with E-state index in [1.165, 1.54) is 7.11 Å². The normalized spacial score (nSPS) is 29.3. The fourth-order valence-corrected chi connectivity index (χ4v) is 3.79. The van der Waals surface area contributed by atoms with Gasteiger partial charge in [-0.15, -0.1) is 0 Å². The zero-order valence-electron chi connectivity index (χ0n) is 13.4. The van der Waals surface area contributed by atoms with Gasteiger partial charge in [0.15, 0.2) is 0 Å². The number of nitrogens with zero attached hydrogens (tertiary/aromatic N) is 1. The number of fused-ring (bicyclic) bond motifs is 1. The number of anilines is 1. The number of nitrogens with one attached hydrogen (secondary N) is 1. The lowest BCUT2D eigenvalue weighted by atomic mass is 10.0. The van der Waals surface area contributed by atoms with Crippen molar-refractivity contribution in [1.29, 1.82) is 0 Å². The predicted molar refractivity (Wildman–Crippen MR) is 85.2 cm³/mol. The van der Waals surface area contributed by atoms with Gasteiger partial charge >= 0.3 is 12.0 Å². The Morgan fingerprint density at radius 1 is 1.22 bits per heavy atom. The molecule has 2 amide bonds. The first kappa shape index (κ1) is 15.8. The molecule has 6 nitrogen and oxygen atoms in total. The summed E-state index contributed by atoms with van der Waals surface area (Å²) >= 11 is 0. The largest absolute Gasteiger partial charge is 0.465 e. The Kier molecular flexibility index (Phi) is 4.02. The molecule has 1 saturated heterocycles. The molecule has 2 N–H and O–H groups in total. The first-order chi connectivity index (χ1) is 10.9. The van der Waals surface area contributed by atoms with Crippen LogP contribution < -0.4 is 5.32 Å². The lowest BCUT2D eigenvalue weighted by molar-refractivity contribution is 0.0558. The van der Waals surface area contributed by atoms with Crippen LogP contribution in [0.15, 0.2) is 24.3 Å². The summed E-state index contributed by atoms with van der Waals surface area (Å²) in [5.74, 6) is 0.372. The summed E-state index contributed by atoms with van der Waals surface area (Å²) < 4.78 is 4.64. The molecule has 124 valence electrons. The standard InChI is InChI=1S/C17H22N2O4/c1-17(22)7-12-9-19(10-13(12)8-17)16(21)18-14-5-3-11(4-6-14)15(20)23-2/h3-6,12-13,22H,7-10H2,1-2H3,(H,18,21). The summed E-state index contributed by atoms with van der Waals surface area (Å²) in [6, 6.07) is 6.48. The third-order valence-electron chi connectivity index (χ3n) is 4.82. The number of amides is 2. The number of urea groups is 1. The quantitative estimate of drug-likeness (QED) is 0.819. The molecule has 6 heteroatoms. The molecule has 2 aliphatic rings. The fourth-order valence-electron chi connectivity index (χ4n) is 3.79. The van der Waals surface area contributed by atoms with Crippen LogP contribution in [0.2, 0.25) is 0 Å². The minimum atomic E-state index is -0.582. The van der Waals surface area contributed by atoms with Crippen LogP contribution in [-0.4, -0.2) is 47.8 Å². The highest BCUT2D eigenvalue weighted by Gasteiger charge is 2.46. The highest BCUT2D eigenvalue weighted by atomic mass is 16.5. The summed E-state index contributed by atoms with van der Waals surface area (Å²) in [5, 5.41) is 12.9. The molecule has 2 atom stereocenters. The van der Waals surface area contributed by atoms with E-state index in [2.05, 4.69) is 10.1 Å². The average Bonchev–Trinajstić information content (AvgIpc) is 3.00. The molecule has 0 radical (unpaired) electrons. The molecule has 1 aliphatic carbocycles. The Labute approximate surface area is 135 Å². The second kappa shape index (κ2) is 5.85. The van der Waals surface area contributed by atoms with Crippen molar-refractivity contribution in [3.8, 4) is 0 Å². The highest BCUT2D eigenvalue weighted by molar-refractivity contribution is 5.92. The number of aliphatic hydroxyl groups is 1. The van der Waals surface area contributed by atoms with Gasteiger partial charge in [-0.05, 0) is 55.9 Å². The van der Waals surface area contributed by atoms with Crippen molar-refractivity contribution < 1.29 is 19.4 Å². The Morgan fingerprint density at radius 3 is 2.30 bits per heavy atom. The smallest absolute Gasteiger partial charge is 0.337 e. The van der Waals surface area contributed by atoms with E-state index in [0.717, 1.165) is 12.8 Å². The van der Waals surface area contributed by atoms with E-state index in [1.807, 2.05) is 6.92 Å². The Balaban J connectivity index is 1.57. The summed E-state index contributed by atoms with van der Waals surface area (Å²) in [4.78, 5) is 25.5. The maximum atomic E-state index is 12.3. The first-order valence-electron chi connectivity index (χ1n) is 7.85. The van der Waals surface area contributed by atoms with Gasteiger partial charge in [-0.25, -0.2) is 9.59 Å². The van der Waals surface area contributed by atoms with E-state index < -0.39 is 11.6 Å². The van der Waals surface area contributed by atoms with Crippen molar-refractivity contribution in [3.05, 3.63) is 29.8 Å². The zero-order chi connectivity index (χ0) is 16.6. The number of carbonyl (C=O) groups is 2. The number of methoxy groups -OCH3 is 1. The summed E-state index contributed by atoms with van der Waals surface area (Å²) in [6.07, 6.45) is 1.52. The van der Waals surface area contributed by atoms with Crippen LogP contribution in [0.25, 0.3) is 0 Å². The van der Waals surface area contributed by atoms with Crippen molar-refractivity contribution in [3.63, 3.8) is 0 Å². The van der Waals surface area contributed by atoms with Crippen molar-refractivity contribution in [2.45, 2.75) is 25.4 Å². The van der Waals surface area contributed by atoms with E-state index in [1.54, 1.807) is 29.2 Å². The van der Waals surface area contributed by atoms with E-state index in [0.29, 0.717) is 36.2 Å². The maximum absolute atomic E-state index is 12.3. The molecule has 1 aromatic carbocycles. The van der Waals surface area contributed by atoms with Gasteiger partial charge in [0, 0.05) is 18.8 Å². The predicted octanol–water partition coefficient (Wildman–Crippen LogP) is 2.10. The van der Waals surface area contributed by atoms with Gasteiger partial charge in [0.1, 0.15) is 0 Å². The van der Waals surface area contributed by atoms with Crippen LogP contribution in [0, 0.1) is 11.8 Å². The van der Waals surface area contributed by atoms with Crippen molar-refractivity contribution in [2.24, 2.45) is 11.8 Å². The monoisotopic (exact) mass is 318 g/mol. The minimum absolute atomic E-state index is 0.134. The summed E-state index contributed by atoms with van der Waals surface area (Å²) in [6.45, 7) is 3.25. The number of hydrogen-bond acceptors (Lipinski definition) is 4. The van der Waals surface area contributed by atoms with Crippen LogP contribution in [0.3, 0.4) is 0 Å². The Hall–Kier alpha value is -2.08. The second-order valence-electron chi connectivity index (χ2n) is 6.83. The lowest BCUT2D eigenvalue weighted by Crippen LogP contribution is -2.35. The van der Waals surface area contributed by atoms with Gasteiger partial charge in [0.05, 0.1) is 18.3 Å². The number of rotatable bonds is 2. The number of ether oxygens (including phenoxy) is 1. The molecule has 23 heavy (non-hydrogen) atoms. The summed E-state index contributed by atoms with van der Waals surface area (Å²) in [5.41, 5.74) is 0.511. The van der Waals surface area contributed by atoms with Gasteiger partial charge in [-0.1, -0.05) is 0 Å². The van der Waals surface area contributed by atoms with Crippen LogP contribution in [0.1, 0.15) is 30.1 Å². The number of benzene rings is 1. The van der Waals surface area contributed by atoms with E-state index in [9.17, 15) is 14.7 Å². The number of carbonyl (C=O) groups excluding carboxylic acids is 2. The topological polar surface area (TPSA) is 78.9 Å². The molecule has 0 bridgehead atoms.